The van der Waals surface area contributed by atoms with E-state index >= 15 is 0 Å². The molecule has 11 heteroatoms. The van der Waals surface area contributed by atoms with E-state index in [4.69, 9.17) is 40.9 Å². The SMILES string of the molecule is Cc1c(COc2cc(OCc3ccc4nonc4c3)c(/C=C(\C#N)C(N)=O)cc2Cl)cccc1-c1ccc2c(c1)OCCO2. The van der Waals surface area contributed by atoms with E-state index in [1.54, 1.807) is 30.3 Å². The van der Waals surface area contributed by atoms with Gasteiger partial charge in [-0.25, -0.2) is 4.63 Å². The number of carbonyl (C=O) groups excluding carboxylic acids is 1. The second kappa shape index (κ2) is 12.4. The van der Waals surface area contributed by atoms with E-state index in [1.165, 1.54) is 6.08 Å². The quantitative estimate of drug-likeness (QED) is 0.153. The lowest BCUT2D eigenvalue weighted by molar-refractivity contribution is -0.114. The van der Waals surface area contributed by atoms with Gasteiger partial charge in [-0.2, -0.15) is 5.26 Å². The van der Waals surface area contributed by atoms with Gasteiger partial charge in [0.2, 0.25) is 0 Å². The highest BCUT2D eigenvalue weighted by atomic mass is 35.5. The van der Waals surface area contributed by atoms with Crippen molar-refractivity contribution in [2.75, 3.05) is 13.2 Å². The van der Waals surface area contributed by atoms with Crippen LogP contribution in [0.4, 0.5) is 0 Å². The van der Waals surface area contributed by atoms with Crippen LogP contribution in [-0.2, 0) is 18.0 Å². The van der Waals surface area contributed by atoms with Gasteiger partial charge in [-0.05, 0) is 81.5 Å². The van der Waals surface area contributed by atoms with Gasteiger partial charge in [0.25, 0.3) is 5.91 Å². The number of primary amides is 1. The smallest absolute Gasteiger partial charge is 0.259 e. The van der Waals surface area contributed by atoms with E-state index in [2.05, 4.69) is 10.3 Å². The number of hydrogen-bond donors (Lipinski definition) is 1. The molecule has 0 fully saturated rings. The molecule has 10 nitrogen and oxygen atoms in total. The molecule has 5 aromatic rings. The lowest BCUT2D eigenvalue weighted by Crippen LogP contribution is -2.15. The van der Waals surface area contributed by atoms with Gasteiger partial charge in [0, 0.05) is 11.6 Å². The molecule has 1 amide bonds. The molecule has 4 aromatic carbocycles. The highest BCUT2D eigenvalue weighted by Crippen LogP contribution is 2.38. The van der Waals surface area contributed by atoms with Crippen LogP contribution in [0.1, 0.15) is 22.3 Å². The van der Waals surface area contributed by atoms with Gasteiger partial charge < -0.3 is 24.7 Å². The van der Waals surface area contributed by atoms with E-state index in [9.17, 15) is 10.1 Å². The molecule has 0 bridgehead atoms. The predicted molar refractivity (Wildman–Crippen MR) is 162 cm³/mol. The summed E-state index contributed by atoms with van der Waals surface area (Å²) in [6.45, 7) is 3.44. The Morgan fingerprint density at radius 3 is 2.59 bits per heavy atom. The molecule has 0 atom stereocenters. The van der Waals surface area contributed by atoms with Gasteiger partial charge in [0.05, 0.1) is 5.02 Å². The van der Waals surface area contributed by atoms with Crippen LogP contribution < -0.4 is 24.7 Å². The predicted octanol–water partition coefficient (Wildman–Crippen LogP) is 6.17. The molecule has 0 saturated carbocycles. The Morgan fingerprint density at radius 1 is 0.977 bits per heavy atom. The van der Waals surface area contributed by atoms with Gasteiger partial charge in [0.1, 0.15) is 60.6 Å². The molecule has 0 unspecified atom stereocenters. The molecule has 6 rings (SSSR count). The van der Waals surface area contributed by atoms with E-state index in [0.717, 1.165) is 39.3 Å². The number of hydrogen-bond acceptors (Lipinski definition) is 9. The maximum absolute atomic E-state index is 11.8. The molecule has 220 valence electrons. The fraction of sp³-hybridized carbons (Fsp3) is 0.152. The average Bonchev–Trinajstić information content (AvgIpc) is 3.51. The third kappa shape index (κ3) is 6.00. The molecular formula is C33H25ClN4O6. The van der Waals surface area contributed by atoms with Gasteiger partial charge in [0.15, 0.2) is 11.5 Å². The van der Waals surface area contributed by atoms with Crippen molar-refractivity contribution in [2.45, 2.75) is 20.1 Å². The summed E-state index contributed by atoms with van der Waals surface area (Å²) in [4.78, 5) is 11.8. The number of carbonyl (C=O) groups is 1. The number of aromatic nitrogens is 2. The lowest BCUT2D eigenvalue weighted by Gasteiger charge is -2.20. The summed E-state index contributed by atoms with van der Waals surface area (Å²) in [6, 6.07) is 22.3. The molecule has 1 aromatic heterocycles. The topological polar surface area (TPSA) is 143 Å². The normalized spacial score (nSPS) is 12.5. The zero-order valence-electron chi connectivity index (χ0n) is 23.5. The number of rotatable bonds is 9. The summed E-state index contributed by atoms with van der Waals surface area (Å²) in [5.74, 6) is 1.27. The summed E-state index contributed by atoms with van der Waals surface area (Å²) in [5, 5.41) is 17.3. The zero-order valence-corrected chi connectivity index (χ0v) is 24.3. The monoisotopic (exact) mass is 608 g/mol. The minimum Gasteiger partial charge on any atom is -0.488 e. The number of halogens is 1. The van der Waals surface area contributed by atoms with Crippen molar-refractivity contribution >= 4 is 34.6 Å². The molecule has 0 saturated heterocycles. The Kier molecular flexibility index (Phi) is 8.04. The van der Waals surface area contributed by atoms with Crippen molar-refractivity contribution in [2.24, 2.45) is 5.73 Å². The summed E-state index contributed by atoms with van der Waals surface area (Å²) in [5.41, 5.74) is 11.5. The largest absolute Gasteiger partial charge is 0.488 e. The molecule has 0 aliphatic carbocycles. The number of benzene rings is 4. The van der Waals surface area contributed by atoms with E-state index in [-0.39, 0.29) is 23.8 Å². The van der Waals surface area contributed by atoms with Crippen LogP contribution in [0.25, 0.3) is 28.2 Å². The van der Waals surface area contributed by atoms with Crippen molar-refractivity contribution in [1.29, 1.82) is 5.26 Å². The molecule has 44 heavy (non-hydrogen) atoms. The second-order valence-corrected chi connectivity index (χ2v) is 10.4. The Balaban J connectivity index is 1.27. The van der Waals surface area contributed by atoms with Gasteiger partial charge in [-0.1, -0.05) is 41.9 Å². The van der Waals surface area contributed by atoms with E-state index < -0.39 is 5.91 Å². The van der Waals surface area contributed by atoms with Crippen LogP contribution >= 0.6 is 11.6 Å². The highest BCUT2D eigenvalue weighted by molar-refractivity contribution is 6.32. The Hall–Kier alpha value is -5.53. The van der Waals surface area contributed by atoms with Crippen molar-refractivity contribution < 1.29 is 28.4 Å². The Bertz CT molecular complexity index is 1960. The molecular weight excluding hydrogens is 584 g/mol. The van der Waals surface area contributed by atoms with Crippen LogP contribution in [0.15, 0.2) is 76.9 Å². The third-order valence-electron chi connectivity index (χ3n) is 7.14. The summed E-state index contributed by atoms with van der Waals surface area (Å²) in [6.07, 6.45) is 1.33. The van der Waals surface area contributed by atoms with Gasteiger partial charge >= 0.3 is 0 Å². The number of nitrogens with zero attached hydrogens (tertiary/aromatic N) is 3. The molecule has 2 heterocycles. The lowest BCUT2D eigenvalue weighted by atomic mass is 9.96. The first-order valence-corrected chi connectivity index (χ1v) is 14.0. The molecule has 1 aliphatic rings. The van der Waals surface area contributed by atoms with E-state index in [1.807, 2.05) is 49.4 Å². The number of amides is 1. The van der Waals surface area contributed by atoms with Crippen molar-refractivity contribution in [3.63, 3.8) is 0 Å². The van der Waals surface area contributed by atoms with E-state index in [0.29, 0.717) is 41.3 Å². The maximum Gasteiger partial charge on any atom is 0.259 e. The number of fused-ring (bicyclic) bond motifs is 2. The fourth-order valence-electron chi connectivity index (χ4n) is 4.81. The van der Waals surface area contributed by atoms with Crippen LogP contribution in [0, 0.1) is 18.3 Å². The fourth-order valence-corrected chi connectivity index (χ4v) is 5.04. The molecule has 1 aliphatic heterocycles. The number of nitrogens with two attached hydrogens (primary N) is 1. The molecule has 0 spiro atoms. The minimum atomic E-state index is -0.868. The van der Waals surface area contributed by atoms with Gasteiger partial charge in [-0.15, -0.1) is 0 Å². The number of ether oxygens (including phenoxy) is 4. The first kappa shape index (κ1) is 28.6. The second-order valence-electron chi connectivity index (χ2n) is 9.97. The highest BCUT2D eigenvalue weighted by Gasteiger charge is 2.17. The van der Waals surface area contributed by atoms with Crippen LogP contribution in [0.3, 0.4) is 0 Å². The third-order valence-corrected chi connectivity index (χ3v) is 7.44. The summed E-state index contributed by atoms with van der Waals surface area (Å²) < 4.78 is 28.5. The van der Waals surface area contributed by atoms with Crippen LogP contribution in [0.2, 0.25) is 5.02 Å². The van der Waals surface area contributed by atoms with Crippen molar-refractivity contribution in [3.05, 3.63) is 99.6 Å². The summed E-state index contributed by atoms with van der Waals surface area (Å²) >= 11 is 6.62. The van der Waals surface area contributed by atoms with Crippen LogP contribution in [-0.4, -0.2) is 29.4 Å². The molecule has 2 N–H and O–H groups in total. The summed E-state index contributed by atoms with van der Waals surface area (Å²) in [7, 11) is 0. The van der Waals surface area contributed by atoms with Crippen LogP contribution in [0.5, 0.6) is 23.0 Å². The number of nitriles is 1. The maximum atomic E-state index is 11.8. The zero-order chi connectivity index (χ0) is 30.6. The first-order valence-electron chi connectivity index (χ1n) is 13.6. The first-order chi connectivity index (χ1) is 21.4. The van der Waals surface area contributed by atoms with Crippen molar-refractivity contribution in [3.8, 4) is 40.2 Å². The minimum absolute atomic E-state index is 0.139. The van der Waals surface area contributed by atoms with Gasteiger partial charge in [-0.3, -0.25) is 4.79 Å². The average molecular weight is 609 g/mol. The Morgan fingerprint density at radius 2 is 1.77 bits per heavy atom. The standard InChI is InChI=1S/C33H25ClN4O6/c1-19-22(3-2-4-25(19)21-6-8-29-32(14-21)41-10-9-40-29)18-43-31-15-30(23(13-26(31)34)12-24(16-35)33(36)39)42-17-20-5-7-27-28(11-20)38-44-37-27/h2-8,11-15H,9-10,17-18H2,1H3,(H2,36,39)/b24-12+. The molecule has 0 radical (unpaired) electrons. The van der Waals surface area contributed by atoms with Crippen molar-refractivity contribution in [1.82, 2.24) is 10.3 Å². The Labute approximate surface area is 257 Å².